The number of nitrogens with zero attached hydrogens (tertiary/aromatic N) is 5. The molecule has 0 fully saturated rings. The predicted octanol–water partition coefficient (Wildman–Crippen LogP) is 3.00. The Morgan fingerprint density at radius 2 is 1.73 bits per heavy atom. The van der Waals surface area contributed by atoms with E-state index in [2.05, 4.69) is 39.2 Å². The molecule has 1 heterocycles. The first-order valence-electron chi connectivity index (χ1n) is 8.59. The van der Waals surface area contributed by atoms with Gasteiger partial charge >= 0.3 is 0 Å². The van der Waals surface area contributed by atoms with E-state index in [1.807, 2.05) is 50.2 Å². The smallest absolute Gasteiger partial charge is 0.254 e. The van der Waals surface area contributed by atoms with Crippen LogP contribution in [0, 0.1) is 0 Å². The molecule has 0 radical (unpaired) electrons. The molecule has 1 amide bonds. The van der Waals surface area contributed by atoms with Crippen LogP contribution in [0.3, 0.4) is 0 Å². The zero-order valence-electron chi connectivity index (χ0n) is 15.3. The van der Waals surface area contributed by atoms with Crippen LogP contribution in [-0.4, -0.2) is 46.2 Å². The summed E-state index contributed by atoms with van der Waals surface area (Å²) < 4.78 is 1.66. The van der Waals surface area contributed by atoms with Crippen LogP contribution in [0.4, 0.5) is 5.69 Å². The average Bonchev–Trinajstić information content (AvgIpc) is 3.21. The van der Waals surface area contributed by atoms with Gasteiger partial charge in [0.1, 0.15) is 12.7 Å². The molecule has 0 aliphatic heterocycles. The minimum Gasteiger partial charge on any atom is -0.378 e. The molecular formula is C20H23N5O. The van der Waals surface area contributed by atoms with Crippen LogP contribution in [0.5, 0.6) is 0 Å². The molecular weight excluding hydrogens is 326 g/mol. The third-order valence-corrected chi connectivity index (χ3v) is 4.29. The van der Waals surface area contributed by atoms with E-state index in [9.17, 15) is 4.79 Å². The Kier molecular flexibility index (Phi) is 5.31. The lowest BCUT2D eigenvalue weighted by atomic mass is 10.1. The van der Waals surface area contributed by atoms with Crippen molar-refractivity contribution in [2.24, 2.45) is 0 Å². The van der Waals surface area contributed by atoms with E-state index in [-0.39, 0.29) is 5.91 Å². The summed E-state index contributed by atoms with van der Waals surface area (Å²) in [6, 6.07) is 15.7. The highest BCUT2D eigenvalue weighted by atomic mass is 16.2. The Hall–Kier alpha value is -3.15. The lowest BCUT2D eigenvalue weighted by molar-refractivity contribution is 0.0752. The Morgan fingerprint density at radius 1 is 1.04 bits per heavy atom. The number of rotatable bonds is 6. The van der Waals surface area contributed by atoms with Crippen molar-refractivity contribution in [3.63, 3.8) is 0 Å². The summed E-state index contributed by atoms with van der Waals surface area (Å²) in [5, 5.41) is 4.09. The zero-order chi connectivity index (χ0) is 18.5. The van der Waals surface area contributed by atoms with Crippen molar-refractivity contribution in [2.75, 3.05) is 25.5 Å². The van der Waals surface area contributed by atoms with Gasteiger partial charge in [0, 0.05) is 38.4 Å². The Balaban J connectivity index is 1.72. The quantitative estimate of drug-likeness (QED) is 0.686. The first-order valence-corrected chi connectivity index (χ1v) is 8.59. The molecule has 1 aromatic heterocycles. The molecule has 0 aliphatic carbocycles. The molecule has 0 unspecified atom stereocenters. The lowest BCUT2D eigenvalue weighted by Crippen LogP contribution is -2.30. The topological polar surface area (TPSA) is 54.3 Å². The summed E-state index contributed by atoms with van der Waals surface area (Å²) in [6.07, 6.45) is 3.12. The number of aromatic nitrogens is 3. The van der Waals surface area contributed by atoms with Crippen LogP contribution < -0.4 is 4.90 Å². The summed E-state index contributed by atoms with van der Waals surface area (Å²) >= 11 is 0. The summed E-state index contributed by atoms with van der Waals surface area (Å²) in [7, 11) is 4.03. The van der Waals surface area contributed by atoms with E-state index in [0.717, 1.165) is 16.9 Å². The number of benzene rings is 2. The van der Waals surface area contributed by atoms with Gasteiger partial charge in [0.15, 0.2) is 0 Å². The van der Waals surface area contributed by atoms with E-state index in [1.54, 1.807) is 11.0 Å². The molecule has 2 aromatic carbocycles. The highest BCUT2D eigenvalue weighted by molar-refractivity contribution is 5.94. The fraction of sp³-hybridized carbons (Fsp3) is 0.250. The van der Waals surface area contributed by atoms with Gasteiger partial charge in [-0.1, -0.05) is 12.1 Å². The Bertz CT molecular complexity index is 839. The van der Waals surface area contributed by atoms with E-state index in [4.69, 9.17) is 0 Å². The average molecular weight is 349 g/mol. The summed E-state index contributed by atoms with van der Waals surface area (Å²) in [5.74, 6) is 0.0225. The minimum absolute atomic E-state index is 0.0225. The number of anilines is 1. The normalized spacial score (nSPS) is 10.6. The first kappa shape index (κ1) is 17.7. The predicted molar refractivity (Wildman–Crippen MR) is 103 cm³/mol. The number of amides is 1. The number of carbonyl (C=O) groups excluding carboxylic acids is 1. The van der Waals surface area contributed by atoms with Crippen molar-refractivity contribution in [1.82, 2.24) is 19.7 Å². The van der Waals surface area contributed by atoms with Crippen molar-refractivity contribution in [2.45, 2.75) is 13.5 Å². The van der Waals surface area contributed by atoms with Gasteiger partial charge in [0.25, 0.3) is 5.91 Å². The second-order valence-electron chi connectivity index (χ2n) is 6.27. The standard InChI is InChI=1S/C20H23N5O/c1-4-24(13-16-5-9-18(10-6-16)23(2)3)20(26)17-7-11-19(12-8-17)25-15-21-14-22-25/h5-12,14-15H,4,13H2,1-3H3. The van der Waals surface area contributed by atoms with E-state index in [0.29, 0.717) is 18.7 Å². The van der Waals surface area contributed by atoms with Crippen molar-refractivity contribution in [3.05, 3.63) is 72.3 Å². The molecule has 3 rings (SSSR count). The second kappa shape index (κ2) is 7.82. The molecule has 0 N–H and O–H groups in total. The molecule has 6 heteroatoms. The van der Waals surface area contributed by atoms with E-state index < -0.39 is 0 Å². The largest absolute Gasteiger partial charge is 0.378 e. The molecule has 26 heavy (non-hydrogen) atoms. The third kappa shape index (κ3) is 3.91. The molecule has 0 spiro atoms. The first-order chi connectivity index (χ1) is 12.6. The lowest BCUT2D eigenvalue weighted by Gasteiger charge is -2.22. The van der Waals surface area contributed by atoms with Gasteiger partial charge in [0.2, 0.25) is 0 Å². The van der Waals surface area contributed by atoms with Crippen molar-refractivity contribution < 1.29 is 4.79 Å². The molecule has 0 aliphatic rings. The van der Waals surface area contributed by atoms with Crippen LogP contribution in [0.1, 0.15) is 22.8 Å². The van der Waals surface area contributed by atoms with Crippen LogP contribution >= 0.6 is 0 Å². The van der Waals surface area contributed by atoms with Crippen LogP contribution in [0.15, 0.2) is 61.2 Å². The van der Waals surface area contributed by atoms with Crippen LogP contribution in [0.2, 0.25) is 0 Å². The number of carbonyl (C=O) groups is 1. The summed E-state index contributed by atoms with van der Waals surface area (Å²) in [5.41, 5.74) is 3.80. The molecule has 3 aromatic rings. The summed E-state index contributed by atoms with van der Waals surface area (Å²) in [6.45, 7) is 3.24. The number of hydrogen-bond acceptors (Lipinski definition) is 4. The molecule has 134 valence electrons. The van der Waals surface area contributed by atoms with Gasteiger partial charge in [-0.05, 0) is 48.9 Å². The highest BCUT2D eigenvalue weighted by Gasteiger charge is 2.15. The monoisotopic (exact) mass is 349 g/mol. The van der Waals surface area contributed by atoms with Crippen LogP contribution in [0.25, 0.3) is 5.69 Å². The maximum absolute atomic E-state index is 12.8. The van der Waals surface area contributed by atoms with Gasteiger partial charge in [-0.25, -0.2) is 9.67 Å². The SMILES string of the molecule is CCN(Cc1ccc(N(C)C)cc1)C(=O)c1ccc(-n2cncn2)cc1. The maximum Gasteiger partial charge on any atom is 0.254 e. The fourth-order valence-corrected chi connectivity index (χ4v) is 2.73. The van der Waals surface area contributed by atoms with Gasteiger partial charge in [0.05, 0.1) is 5.69 Å². The molecule has 0 atom stereocenters. The highest BCUT2D eigenvalue weighted by Crippen LogP contribution is 2.16. The molecule has 0 bridgehead atoms. The van der Waals surface area contributed by atoms with E-state index >= 15 is 0 Å². The van der Waals surface area contributed by atoms with Crippen molar-refractivity contribution in [3.8, 4) is 5.69 Å². The molecule has 6 nitrogen and oxygen atoms in total. The van der Waals surface area contributed by atoms with Gasteiger partial charge < -0.3 is 9.80 Å². The molecule has 0 saturated heterocycles. The van der Waals surface area contributed by atoms with Gasteiger partial charge in [-0.3, -0.25) is 4.79 Å². The second-order valence-corrected chi connectivity index (χ2v) is 6.27. The van der Waals surface area contributed by atoms with Crippen LogP contribution in [-0.2, 0) is 6.54 Å². The maximum atomic E-state index is 12.8. The van der Waals surface area contributed by atoms with E-state index in [1.165, 1.54) is 6.33 Å². The number of hydrogen-bond donors (Lipinski definition) is 0. The summed E-state index contributed by atoms with van der Waals surface area (Å²) in [4.78, 5) is 20.7. The van der Waals surface area contributed by atoms with Gasteiger partial charge in [-0.2, -0.15) is 5.10 Å². The zero-order valence-corrected chi connectivity index (χ0v) is 15.3. The van der Waals surface area contributed by atoms with Gasteiger partial charge in [-0.15, -0.1) is 0 Å². The third-order valence-electron chi connectivity index (χ3n) is 4.29. The minimum atomic E-state index is 0.0225. The Morgan fingerprint density at radius 3 is 2.27 bits per heavy atom. The van der Waals surface area contributed by atoms with Crippen molar-refractivity contribution in [1.29, 1.82) is 0 Å². The molecule has 0 saturated carbocycles. The Labute approximate surface area is 153 Å². The van der Waals surface area contributed by atoms with Crippen molar-refractivity contribution >= 4 is 11.6 Å². The fourth-order valence-electron chi connectivity index (χ4n) is 2.73.